The van der Waals surface area contributed by atoms with Gasteiger partial charge < -0.3 is 10.8 Å². The van der Waals surface area contributed by atoms with Gasteiger partial charge in [0.15, 0.2) is 0 Å². The maximum Gasteiger partial charge on any atom is 0.336 e. The Bertz CT molecular complexity index is 1600. The highest BCUT2D eigenvalue weighted by Crippen LogP contribution is 2.28. The number of imide groups is 1. The zero-order chi connectivity index (χ0) is 24.1. The minimum atomic E-state index is -1.05. The third kappa shape index (κ3) is 3.22. The van der Waals surface area contributed by atoms with Crippen LogP contribution in [0.1, 0.15) is 43.6 Å². The van der Waals surface area contributed by atoms with Crippen LogP contribution in [0.25, 0.3) is 27.8 Å². The highest BCUT2D eigenvalue weighted by Gasteiger charge is 2.31. The molecule has 4 aromatic rings. The number of nitrogen functional groups attached to an aromatic ring is 1. The molecule has 0 aliphatic carbocycles. The number of aromatic nitrogens is 2. The standard InChI is InChI=1S/C25H18N4O5/c1-2-12-3-8-18-15(9-12)16(25(33)34)10-19(27-18)13-4-6-14(7-5-13)29-20(30)11-17-21(22(29)26)24(32)28-23(17)31/h3-11H,2,26H2,1H3,(H,33,34)(H,28,31,32). The van der Waals surface area contributed by atoms with Gasteiger partial charge in [0.2, 0.25) is 0 Å². The molecule has 168 valence electrons. The lowest BCUT2D eigenvalue weighted by Gasteiger charge is -2.13. The average molecular weight is 454 g/mol. The van der Waals surface area contributed by atoms with Gasteiger partial charge in [-0.25, -0.2) is 9.78 Å². The van der Waals surface area contributed by atoms with Crippen molar-refractivity contribution in [1.29, 1.82) is 0 Å². The van der Waals surface area contributed by atoms with E-state index < -0.39 is 23.3 Å². The summed E-state index contributed by atoms with van der Waals surface area (Å²) in [5.41, 5.74) is 8.63. The van der Waals surface area contributed by atoms with Crippen molar-refractivity contribution in [2.45, 2.75) is 13.3 Å². The Morgan fingerprint density at radius 3 is 2.44 bits per heavy atom. The second-order valence-electron chi connectivity index (χ2n) is 7.89. The molecule has 3 heterocycles. The minimum Gasteiger partial charge on any atom is -0.478 e. The summed E-state index contributed by atoms with van der Waals surface area (Å²) in [5, 5.41) is 12.4. The number of carbonyl (C=O) groups is 3. The van der Waals surface area contributed by atoms with Crippen LogP contribution in [-0.2, 0) is 6.42 Å². The topological polar surface area (TPSA) is 144 Å². The number of aromatic carboxylic acids is 1. The number of nitrogens with two attached hydrogens (primary N) is 1. The Morgan fingerprint density at radius 1 is 1.03 bits per heavy atom. The van der Waals surface area contributed by atoms with Crippen LogP contribution in [0.4, 0.5) is 5.82 Å². The summed E-state index contributed by atoms with van der Waals surface area (Å²) < 4.78 is 1.14. The van der Waals surface area contributed by atoms with E-state index in [1.165, 1.54) is 6.07 Å². The second kappa shape index (κ2) is 7.66. The van der Waals surface area contributed by atoms with E-state index in [-0.39, 0.29) is 22.5 Å². The van der Waals surface area contributed by atoms with Crippen LogP contribution in [0.15, 0.2) is 59.4 Å². The van der Waals surface area contributed by atoms with Crippen LogP contribution in [-0.4, -0.2) is 32.4 Å². The Balaban J connectivity index is 1.61. The normalized spacial score (nSPS) is 12.6. The monoisotopic (exact) mass is 454 g/mol. The number of pyridine rings is 2. The number of fused-ring (bicyclic) bond motifs is 2. The predicted molar refractivity (Wildman–Crippen MR) is 125 cm³/mol. The van der Waals surface area contributed by atoms with Crippen molar-refractivity contribution in [3.05, 3.63) is 87.2 Å². The SMILES string of the molecule is CCc1ccc2nc(-c3ccc(-n4c(N)c5c(cc4=O)C(=O)NC5=O)cc3)cc(C(=O)O)c2c1. The first-order valence-corrected chi connectivity index (χ1v) is 10.5. The molecule has 5 rings (SSSR count). The van der Waals surface area contributed by atoms with E-state index in [1.807, 2.05) is 19.1 Å². The van der Waals surface area contributed by atoms with Gasteiger partial charge in [0.25, 0.3) is 17.4 Å². The molecule has 0 fully saturated rings. The molecule has 9 nitrogen and oxygen atoms in total. The number of carboxylic acids is 1. The summed E-state index contributed by atoms with van der Waals surface area (Å²) in [6.07, 6.45) is 0.777. The molecule has 0 saturated carbocycles. The summed E-state index contributed by atoms with van der Waals surface area (Å²) in [4.78, 5) is 53.1. The molecule has 1 aliphatic rings. The molecule has 1 aliphatic heterocycles. The fourth-order valence-corrected chi connectivity index (χ4v) is 4.14. The van der Waals surface area contributed by atoms with Crippen LogP contribution >= 0.6 is 0 Å². The van der Waals surface area contributed by atoms with E-state index in [0.29, 0.717) is 27.8 Å². The van der Waals surface area contributed by atoms with Gasteiger partial charge in [0, 0.05) is 17.0 Å². The fourth-order valence-electron chi connectivity index (χ4n) is 4.14. The average Bonchev–Trinajstić information content (AvgIpc) is 3.11. The first kappa shape index (κ1) is 21.1. The number of amides is 2. The lowest BCUT2D eigenvalue weighted by molar-refractivity contribution is 0.0698. The number of aryl methyl sites for hydroxylation is 1. The number of nitrogens with one attached hydrogen (secondary N) is 1. The molecule has 0 spiro atoms. The van der Waals surface area contributed by atoms with E-state index in [9.17, 15) is 24.3 Å². The van der Waals surface area contributed by atoms with Crippen LogP contribution in [0, 0.1) is 0 Å². The van der Waals surface area contributed by atoms with Gasteiger partial charge in [-0.3, -0.25) is 24.3 Å². The molecule has 0 bridgehead atoms. The molecule has 9 heteroatoms. The first-order valence-electron chi connectivity index (χ1n) is 10.5. The maximum atomic E-state index is 12.6. The van der Waals surface area contributed by atoms with Crippen molar-refractivity contribution in [3.63, 3.8) is 0 Å². The van der Waals surface area contributed by atoms with Crippen molar-refractivity contribution < 1.29 is 19.5 Å². The molecule has 0 atom stereocenters. The van der Waals surface area contributed by atoms with Gasteiger partial charge in [0.05, 0.1) is 33.6 Å². The maximum absolute atomic E-state index is 12.6. The molecule has 0 unspecified atom stereocenters. The van der Waals surface area contributed by atoms with Crippen LogP contribution in [0.3, 0.4) is 0 Å². The molecule has 4 N–H and O–H groups in total. The molecule has 34 heavy (non-hydrogen) atoms. The van der Waals surface area contributed by atoms with E-state index in [0.717, 1.165) is 22.6 Å². The Labute approximate surface area is 192 Å². The Morgan fingerprint density at radius 2 is 1.76 bits per heavy atom. The molecule has 2 aromatic carbocycles. The number of benzene rings is 2. The van der Waals surface area contributed by atoms with Gasteiger partial charge in [-0.1, -0.05) is 25.1 Å². The third-order valence-corrected chi connectivity index (χ3v) is 5.89. The number of rotatable bonds is 4. The van der Waals surface area contributed by atoms with Gasteiger partial charge in [-0.15, -0.1) is 0 Å². The highest BCUT2D eigenvalue weighted by atomic mass is 16.4. The summed E-state index contributed by atoms with van der Waals surface area (Å²) in [5.74, 6) is -2.50. The first-order chi connectivity index (χ1) is 16.3. The van der Waals surface area contributed by atoms with Crippen molar-refractivity contribution in [1.82, 2.24) is 14.9 Å². The van der Waals surface area contributed by atoms with E-state index in [4.69, 9.17) is 5.73 Å². The number of carbonyl (C=O) groups excluding carboxylic acids is 2. The second-order valence-corrected chi connectivity index (χ2v) is 7.89. The lowest BCUT2D eigenvalue weighted by Crippen LogP contribution is -2.24. The predicted octanol–water partition coefficient (Wildman–Crippen LogP) is 2.78. The number of hydrogen-bond acceptors (Lipinski definition) is 6. The molecule has 0 radical (unpaired) electrons. The zero-order valence-corrected chi connectivity index (χ0v) is 18.0. The van der Waals surface area contributed by atoms with E-state index >= 15 is 0 Å². The van der Waals surface area contributed by atoms with Gasteiger partial charge in [-0.2, -0.15) is 0 Å². The van der Waals surface area contributed by atoms with Crippen LogP contribution < -0.4 is 16.6 Å². The van der Waals surface area contributed by atoms with Crippen molar-refractivity contribution in [2.75, 3.05) is 5.73 Å². The van der Waals surface area contributed by atoms with Gasteiger partial charge in [-0.05, 0) is 42.3 Å². The summed E-state index contributed by atoms with van der Waals surface area (Å²) in [7, 11) is 0. The number of anilines is 1. The molecule has 0 saturated heterocycles. The minimum absolute atomic E-state index is 0.0394. The van der Waals surface area contributed by atoms with Crippen LogP contribution in [0.5, 0.6) is 0 Å². The van der Waals surface area contributed by atoms with Crippen molar-refractivity contribution >= 4 is 34.5 Å². The smallest absolute Gasteiger partial charge is 0.336 e. The van der Waals surface area contributed by atoms with Crippen molar-refractivity contribution in [2.24, 2.45) is 0 Å². The van der Waals surface area contributed by atoms with Gasteiger partial charge in [0.1, 0.15) is 5.82 Å². The Hall–Kier alpha value is -4.79. The number of nitrogens with zero attached hydrogens (tertiary/aromatic N) is 2. The number of hydrogen-bond donors (Lipinski definition) is 3. The molecular weight excluding hydrogens is 436 g/mol. The van der Waals surface area contributed by atoms with E-state index in [1.54, 1.807) is 30.3 Å². The fraction of sp³-hybridized carbons (Fsp3) is 0.0800. The highest BCUT2D eigenvalue weighted by molar-refractivity contribution is 6.23. The molecule has 2 amide bonds. The quantitative estimate of drug-likeness (QED) is 0.402. The summed E-state index contributed by atoms with van der Waals surface area (Å²) >= 11 is 0. The van der Waals surface area contributed by atoms with E-state index in [2.05, 4.69) is 10.3 Å². The zero-order valence-electron chi connectivity index (χ0n) is 18.0. The lowest BCUT2D eigenvalue weighted by atomic mass is 10.0. The van der Waals surface area contributed by atoms with Crippen LogP contribution in [0.2, 0.25) is 0 Å². The summed E-state index contributed by atoms with van der Waals surface area (Å²) in [6.45, 7) is 1.99. The third-order valence-electron chi connectivity index (χ3n) is 5.89. The Kier molecular flexibility index (Phi) is 4.75. The largest absolute Gasteiger partial charge is 0.478 e. The molecular formula is C25H18N4O5. The number of carboxylic acid groups (broad SMARTS) is 1. The van der Waals surface area contributed by atoms with Crippen molar-refractivity contribution in [3.8, 4) is 16.9 Å². The van der Waals surface area contributed by atoms with Gasteiger partial charge >= 0.3 is 5.97 Å². The summed E-state index contributed by atoms with van der Waals surface area (Å²) in [6, 6.07) is 14.7. The molecule has 2 aromatic heterocycles.